The zero-order valence-corrected chi connectivity index (χ0v) is 16.2. The van der Waals surface area contributed by atoms with Crippen molar-refractivity contribution in [3.8, 4) is 0 Å². The lowest BCUT2D eigenvalue weighted by Crippen LogP contribution is -2.41. The van der Waals surface area contributed by atoms with Gasteiger partial charge in [-0.25, -0.2) is 9.48 Å². The van der Waals surface area contributed by atoms with Crippen molar-refractivity contribution in [1.82, 2.24) is 24.4 Å². The second-order valence-electron chi connectivity index (χ2n) is 7.39. The summed E-state index contributed by atoms with van der Waals surface area (Å²) in [6, 6.07) is 0.0413. The van der Waals surface area contributed by atoms with Gasteiger partial charge in [0, 0.05) is 37.7 Å². The molecule has 1 aliphatic heterocycles. The number of likely N-dealkylation sites (tertiary alicyclic amines) is 1. The molecule has 8 heteroatoms. The number of aromatic nitrogens is 4. The number of carbonyl (C=O) groups is 1. The van der Waals surface area contributed by atoms with E-state index in [0.717, 1.165) is 36.5 Å². The van der Waals surface area contributed by atoms with Crippen molar-refractivity contribution in [2.24, 2.45) is 7.05 Å². The highest BCUT2D eigenvalue weighted by molar-refractivity contribution is 5.79. The van der Waals surface area contributed by atoms with E-state index in [2.05, 4.69) is 10.3 Å². The molecule has 1 aliphatic rings. The van der Waals surface area contributed by atoms with Crippen molar-refractivity contribution < 1.29 is 9.32 Å². The van der Waals surface area contributed by atoms with Crippen molar-refractivity contribution in [3.63, 3.8) is 0 Å². The third-order valence-corrected chi connectivity index (χ3v) is 5.15. The highest BCUT2D eigenvalue weighted by atomic mass is 16.5. The van der Waals surface area contributed by atoms with Crippen LogP contribution in [0.5, 0.6) is 0 Å². The van der Waals surface area contributed by atoms with Crippen LogP contribution in [-0.2, 0) is 18.3 Å². The van der Waals surface area contributed by atoms with Crippen molar-refractivity contribution in [1.29, 1.82) is 0 Å². The maximum Gasteiger partial charge on any atom is 0.345 e. The molecule has 142 valence electrons. The molecule has 0 aliphatic carbocycles. The third kappa shape index (κ3) is 3.32. The molecule has 0 saturated carbocycles. The Morgan fingerprint density at radius 3 is 2.69 bits per heavy atom. The molecule has 3 rings (SSSR count). The number of rotatable bonds is 4. The second kappa shape index (κ2) is 7.09. The van der Waals surface area contributed by atoms with E-state index in [-0.39, 0.29) is 23.6 Å². The van der Waals surface area contributed by atoms with Gasteiger partial charge in [-0.05, 0) is 40.5 Å². The minimum atomic E-state index is -0.103. The topological polar surface area (TPSA) is 86.2 Å². The molecule has 1 atom stereocenters. The van der Waals surface area contributed by atoms with Crippen LogP contribution in [0.4, 0.5) is 0 Å². The number of carbonyl (C=O) groups excluding carboxylic acids is 1. The van der Waals surface area contributed by atoms with Gasteiger partial charge in [0.25, 0.3) is 0 Å². The summed E-state index contributed by atoms with van der Waals surface area (Å²) < 4.78 is 8.29. The highest BCUT2D eigenvalue weighted by Crippen LogP contribution is 2.27. The molecule has 1 fully saturated rings. The van der Waals surface area contributed by atoms with Gasteiger partial charge < -0.3 is 9.42 Å². The van der Waals surface area contributed by atoms with E-state index < -0.39 is 0 Å². The monoisotopic (exact) mass is 361 g/mol. The Bertz CT molecular complexity index is 841. The third-order valence-electron chi connectivity index (χ3n) is 5.15. The molecule has 1 saturated heterocycles. The van der Waals surface area contributed by atoms with Crippen LogP contribution in [-0.4, -0.2) is 43.4 Å². The van der Waals surface area contributed by atoms with Crippen LogP contribution >= 0.6 is 0 Å². The molecule has 0 spiro atoms. The SMILES string of the molecule is Cc1noc(C)c1CC(=O)N1CCCC(c2nn(C)c(=O)n2C(C)C)C1. The predicted molar refractivity (Wildman–Crippen MR) is 96.1 cm³/mol. The van der Waals surface area contributed by atoms with E-state index in [1.54, 1.807) is 11.6 Å². The maximum absolute atomic E-state index is 12.8. The number of nitrogens with zero attached hydrogens (tertiary/aromatic N) is 5. The van der Waals surface area contributed by atoms with Gasteiger partial charge in [-0.2, -0.15) is 5.10 Å². The maximum atomic E-state index is 12.8. The molecule has 1 unspecified atom stereocenters. The second-order valence-corrected chi connectivity index (χ2v) is 7.39. The van der Waals surface area contributed by atoms with E-state index in [1.807, 2.05) is 32.6 Å². The summed E-state index contributed by atoms with van der Waals surface area (Å²) in [6.45, 7) is 8.97. The number of hydrogen-bond acceptors (Lipinski definition) is 5. The Hall–Kier alpha value is -2.38. The molecular formula is C18H27N5O3. The minimum Gasteiger partial charge on any atom is -0.361 e. The van der Waals surface area contributed by atoms with Gasteiger partial charge in [-0.3, -0.25) is 9.36 Å². The van der Waals surface area contributed by atoms with E-state index in [0.29, 0.717) is 18.7 Å². The van der Waals surface area contributed by atoms with Gasteiger partial charge in [0.15, 0.2) is 0 Å². The smallest absolute Gasteiger partial charge is 0.345 e. The molecule has 2 aromatic rings. The number of piperidine rings is 1. The fourth-order valence-electron chi connectivity index (χ4n) is 3.69. The van der Waals surface area contributed by atoms with Crippen molar-refractivity contribution in [2.45, 2.75) is 58.9 Å². The summed E-state index contributed by atoms with van der Waals surface area (Å²) in [5.74, 6) is 1.62. The molecule has 0 aromatic carbocycles. The molecule has 0 N–H and O–H groups in total. The Labute approximate surface area is 152 Å². The fourth-order valence-corrected chi connectivity index (χ4v) is 3.69. The van der Waals surface area contributed by atoms with Crippen LogP contribution in [0.1, 0.15) is 61.5 Å². The Morgan fingerprint density at radius 1 is 1.35 bits per heavy atom. The Kier molecular flexibility index (Phi) is 5.02. The average Bonchev–Trinajstić information content (AvgIpc) is 3.08. The van der Waals surface area contributed by atoms with Gasteiger partial charge in [-0.1, -0.05) is 5.16 Å². The zero-order valence-electron chi connectivity index (χ0n) is 16.2. The van der Waals surface area contributed by atoms with E-state index in [1.165, 1.54) is 4.68 Å². The minimum absolute atomic E-state index is 0.0413. The number of aryl methyl sites for hydroxylation is 3. The van der Waals surface area contributed by atoms with E-state index in [9.17, 15) is 9.59 Å². The Morgan fingerprint density at radius 2 is 2.08 bits per heavy atom. The molecule has 0 bridgehead atoms. The molecular weight excluding hydrogens is 334 g/mol. The van der Waals surface area contributed by atoms with Crippen LogP contribution in [0.25, 0.3) is 0 Å². The standard InChI is InChI=1S/C18H27N5O3/c1-11(2)23-17(19-21(5)18(23)25)14-7-6-8-22(10-14)16(24)9-15-12(3)20-26-13(15)4/h11,14H,6-10H2,1-5H3. The molecule has 1 amide bonds. The summed E-state index contributed by atoms with van der Waals surface area (Å²) in [6.07, 6.45) is 2.13. The quantitative estimate of drug-likeness (QED) is 0.827. The number of amides is 1. The first-order chi connectivity index (χ1) is 12.3. The highest BCUT2D eigenvalue weighted by Gasteiger charge is 2.30. The Balaban J connectivity index is 1.79. The van der Waals surface area contributed by atoms with Gasteiger partial charge in [0.05, 0.1) is 12.1 Å². The summed E-state index contributed by atoms with van der Waals surface area (Å²) in [5, 5.41) is 8.38. The van der Waals surface area contributed by atoms with Crippen molar-refractivity contribution in [3.05, 3.63) is 33.3 Å². The largest absolute Gasteiger partial charge is 0.361 e. The normalized spacial score (nSPS) is 17.9. The van der Waals surface area contributed by atoms with Crippen LogP contribution in [0, 0.1) is 13.8 Å². The summed E-state index contributed by atoms with van der Waals surface area (Å²) in [7, 11) is 1.67. The van der Waals surface area contributed by atoms with Crippen LogP contribution in [0.15, 0.2) is 9.32 Å². The first-order valence-electron chi connectivity index (χ1n) is 9.14. The van der Waals surface area contributed by atoms with Gasteiger partial charge in [0.1, 0.15) is 11.6 Å². The first-order valence-corrected chi connectivity index (χ1v) is 9.14. The van der Waals surface area contributed by atoms with E-state index in [4.69, 9.17) is 4.52 Å². The lowest BCUT2D eigenvalue weighted by Gasteiger charge is -2.32. The molecule has 0 radical (unpaired) electrons. The van der Waals surface area contributed by atoms with Gasteiger partial charge in [0.2, 0.25) is 5.91 Å². The summed E-state index contributed by atoms with van der Waals surface area (Å²) in [4.78, 5) is 27.0. The van der Waals surface area contributed by atoms with Gasteiger partial charge >= 0.3 is 5.69 Å². The van der Waals surface area contributed by atoms with Crippen LogP contribution in [0.2, 0.25) is 0 Å². The average molecular weight is 361 g/mol. The van der Waals surface area contributed by atoms with E-state index >= 15 is 0 Å². The lowest BCUT2D eigenvalue weighted by atomic mass is 9.96. The van der Waals surface area contributed by atoms with Crippen LogP contribution < -0.4 is 5.69 Å². The lowest BCUT2D eigenvalue weighted by molar-refractivity contribution is -0.131. The summed E-state index contributed by atoms with van der Waals surface area (Å²) >= 11 is 0. The van der Waals surface area contributed by atoms with Crippen LogP contribution in [0.3, 0.4) is 0 Å². The number of hydrogen-bond donors (Lipinski definition) is 0. The molecule has 26 heavy (non-hydrogen) atoms. The summed E-state index contributed by atoms with van der Waals surface area (Å²) in [5.41, 5.74) is 1.53. The van der Waals surface area contributed by atoms with Crippen molar-refractivity contribution in [2.75, 3.05) is 13.1 Å². The zero-order chi connectivity index (χ0) is 19.0. The first kappa shape index (κ1) is 18.4. The molecule has 3 heterocycles. The van der Waals surface area contributed by atoms with Gasteiger partial charge in [-0.15, -0.1) is 0 Å². The molecule has 2 aromatic heterocycles. The fraction of sp³-hybridized carbons (Fsp3) is 0.667. The molecule has 8 nitrogen and oxygen atoms in total. The predicted octanol–water partition coefficient (Wildman–Crippen LogP) is 1.72. The van der Waals surface area contributed by atoms with Crippen molar-refractivity contribution >= 4 is 5.91 Å².